The first-order chi connectivity index (χ1) is 6.66. The van der Waals surface area contributed by atoms with Crippen LogP contribution >= 0.6 is 11.6 Å². The Bertz CT molecular complexity index is 347. The Labute approximate surface area is 88.4 Å². The van der Waals surface area contributed by atoms with Gasteiger partial charge in [0.1, 0.15) is 5.82 Å². The molecule has 1 aromatic rings. The molecule has 0 saturated heterocycles. The highest BCUT2D eigenvalue weighted by atomic mass is 35.5. The summed E-state index contributed by atoms with van der Waals surface area (Å²) in [7, 11) is 0. The minimum absolute atomic E-state index is 0.272. The number of rotatable bonds is 3. The van der Waals surface area contributed by atoms with Gasteiger partial charge in [0.05, 0.1) is 5.02 Å². The van der Waals surface area contributed by atoms with E-state index in [1.807, 2.05) is 12.2 Å². The molecule has 0 aromatic heterocycles. The zero-order chi connectivity index (χ0) is 10.6. The summed E-state index contributed by atoms with van der Waals surface area (Å²) in [5.74, 6) is -0.272. The Hall–Kier alpha value is -0.860. The van der Waals surface area contributed by atoms with Gasteiger partial charge in [-0.2, -0.15) is 0 Å². The van der Waals surface area contributed by atoms with Gasteiger partial charge in [0.25, 0.3) is 0 Å². The predicted octanol–water partition coefficient (Wildman–Crippen LogP) is 3.15. The van der Waals surface area contributed by atoms with E-state index in [9.17, 15) is 4.39 Å². The topological polar surface area (TPSA) is 26.0 Å². The summed E-state index contributed by atoms with van der Waals surface area (Å²) in [5.41, 5.74) is 6.66. The molecule has 0 heterocycles. The van der Waals surface area contributed by atoms with E-state index in [4.69, 9.17) is 17.3 Å². The monoisotopic (exact) mass is 213 g/mol. The van der Waals surface area contributed by atoms with Gasteiger partial charge >= 0.3 is 0 Å². The molecule has 0 aliphatic carbocycles. The van der Waals surface area contributed by atoms with E-state index in [1.54, 1.807) is 13.0 Å². The molecular formula is C11H13ClFN. The fourth-order valence-corrected chi connectivity index (χ4v) is 1.33. The van der Waals surface area contributed by atoms with Crippen LogP contribution in [-0.2, 0) is 0 Å². The molecule has 1 nitrogen and oxygen atoms in total. The molecule has 0 fully saturated rings. The predicted molar refractivity (Wildman–Crippen MR) is 58.9 cm³/mol. The van der Waals surface area contributed by atoms with Crippen molar-refractivity contribution in [3.63, 3.8) is 0 Å². The lowest BCUT2D eigenvalue weighted by molar-refractivity contribution is 0.618. The van der Waals surface area contributed by atoms with Crippen LogP contribution in [0.2, 0.25) is 5.02 Å². The van der Waals surface area contributed by atoms with Crippen molar-refractivity contribution >= 4 is 17.7 Å². The van der Waals surface area contributed by atoms with Crippen molar-refractivity contribution in [2.24, 2.45) is 5.73 Å². The second-order valence-electron chi connectivity index (χ2n) is 3.06. The molecule has 0 amide bonds. The highest BCUT2D eigenvalue weighted by Gasteiger charge is 2.04. The normalized spacial score (nSPS) is 11.1. The smallest absolute Gasteiger partial charge is 0.127 e. The van der Waals surface area contributed by atoms with Gasteiger partial charge in [-0.15, -0.1) is 0 Å². The maximum Gasteiger partial charge on any atom is 0.127 e. The van der Waals surface area contributed by atoms with Gasteiger partial charge in [-0.05, 0) is 31.5 Å². The number of halogens is 2. The summed E-state index contributed by atoms with van der Waals surface area (Å²) < 4.78 is 13.0. The van der Waals surface area contributed by atoms with Gasteiger partial charge in [0.2, 0.25) is 0 Å². The summed E-state index contributed by atoms with van der Waals surface area (Å²) in [6.07, 6.45) is 4.59. The van der Waals surface area contributed by atoms with E-state index in [0.717, 1.165) is 12.0 Å². The highest BCUT2D eigenvalue weighted by Crippen LogP contribution is 2.24. The minimum atomic E-state index is -0.272. The summed E-state index contributed by atoms with van der Waals surface area (Å²) in [5, 5.41) is 0.471. The van der Waals surface area contributed by atoms with Crippen molar-refractivity contribution < 1.29 is 4.39 Å². The Morgan fingerprint density at radius 1 is 1.50 bits per heavy atom. The molecule has 2 N–H and O–H groups in total. The number of hydrogen-bond donors (Lipinski definition) is 1. The first kappa shape index (κ1) is 11.2. The molecule has 1 aromatic carbocycles. The lowest BCUT2D eigenvalue weighted by Gasteiger charge is -2.03. The lowest BCUT2D eigenvalue weighted by atomic mass is 10.1. The fraction of sp³-hybridized carbons (Fsp3) is 0.273. The average molecular weight is 214 g/mol. The summed E-state index contributed by atoms with van der Waals surface area (Å²) in [6, 6.07) is 3.08. The van der Waals surface area contributed by atoms with Crippen molar-refractivity contribution in [1.29, 1.82) is 0 Å². The van der Waals surface area contributed by atoms with Crippen molar-refractivity contribution in [1.82, 2.24) is 0 Å². The lowest BCUT2D eigenvalue weighted by Crippen LogP contribution is -1.95. The number of nitrogens with two attached hydrogens (primary N) is 1. The van der Waals surface area contributed by atoms with Crippen LogP contribution in [0.3, 0.4) is 0 Å². The van der Waals surface area contributed by atoms with Crippen LogP contribution in [0, 0.1) is 12.7 Å². The Balaban J connectivity index is 2.94. The summed E-state index contributed by atoms with van der Waals surface area (Å²) in [6.45, 7) is 2.27. The van der Waals surface area contributed by atoms with E-state index in [1.165, 1.54) is 6.07 Å². The standard InChI is InChI=1S/C11H13ClFN/c1-8-10(13)6-5-9(11(8)12)4-2-3-7-14/h2,4-6H,3,7,14H2,1H3. The second-order valence-corrected chi connectivity index (χ2v) is 3.43. The van der Waals surface area contributed by atoms with Gasteiger partial charge in [0.15, 0.2) is 0 Å². The van der Waals surface area contributed by atoms with Gasteiger partial charge in [-0.1, -0.05) is 29.8 Å². The maximum atomic E-state index is 13.0. The second kappa shape index (κ2) is 5.13. The molecule has 14 heavy (non-hydrogen) atoms. The molecule has 0 spiro atoms. The van der Waals surface area contributed by atoms with E-state index in [-0.39, 0.29) is 5.82 Å². The van der Waals surface area contributed by atoms with Gasteiger partial charge < -0.3 is 5.73 Å². The first-order valence-electron chi connectivity index (χ1n) is 4.48. The number of benzene rings is 1. The molecule has 1 rings (SSSR count). The van der Waals surface area contributed by atoms with Crippen LogP contribution in [-0.4, -0.2) is 6.54 Å². The Kier molecular flexibility index (Phi) is 4.11. The van der Waals surface area contributed by atoms with Crippen LogP contribution in [0.1, 0.15) is 17.5 Å². The molecule has 0 unspecified atom stereocenters. The minimum Gasteiger partial charge on any atom is -0.330 e. The van der Waals surface area contributed by atoms with E-state index >= 15 is 0 Å². The molecule has 0 atom stereocenters. The SMILES string of the molecule is Cc1c(F)ccc(C=CCCN)c1Cl. The number of hydrogen-bond acceptors (Lipinski definition) is 1. The van der Waals surface area contributed by atoms with E-state index < -0.39 is 0 Å². The van der Waals surface area contributed by atoms with Gasteiger partial charge in [-0.25, -0.2) is 4.39 Å². The molecular weight excluding hydrogens is 201 g/mol. The maximum absolute atomic E-state index is 13.0. The van der Waals surface area contributed by atoms with Crippen molar-refractivity contribution in [2.75, 3.05) is 6.54 Å². The molecule has 3 heteroatoms. The molecule has 0 bridgehead atoms. The third-order valence-corrected chi connectivity index (χ3v) is 2.48. The van der Waals surface area contributed by atoms with E-state index in [0.29, 0.717) is 17.1 Å². The van der Waals surface area contributed by atoms with E-state index in [2.05, 4.69) is 0 Å². The van der Waals surface area contributed by atoms with Crippen LogP contribution in [0.25, 0.3) is 6.08 Å². The molecule has 76 valence electrons. The molecule has 0 radical (unpaired) electrons. The fourth-order valence-electron chi connectivity index (χ4n) is 1.12. The Morgan fingerprint density at radius 2 is 2.21 bits per heavy atom. The van der Waals surface area contributed by atoms with Crippen LogP contribution < -0.4 is 5.73 Å². The van der Waals surface area contributed by atoms with Crippen LogP contribution in [0.15, 0.2) is 18.2 Å². The van der Waals surface area contributed by atoms with Crippen molar-refractivity contribution in [2.45, 2.75) is 13.3 Å². The average Bonchev–Trinajstić information content (AvgIpc) is 2.18. The molecule has 0 saturated carbocycles. The van der Waals surface area contributed by atoms with Crippen LogP contribution in [0.5, 0.6) is 0 Å². The zero-order valence-corrected chi connectivity index (χ0v) is 8.81. The largest absolute Gasteiger partial charge is 0.330 e. The summed E-state index contributed by atoms with van der Waals surface area (Å²) in [4.78, 5) is 0. The third kappa shape index (κ3) is 2.56. The Morgan fingerprint density at radius 3 is 2.86 bits per heavy atom. The third-order valence-electron chi connectivity index (χ3n) is 1.98. The highest BCUT2D eigenvalue weighted by molar-refractivity contribution is 6.32. The van der Waals surface area contributed by atoms with Gasteiger partial charge in [-0.3, -0.25) is 0 Å². The van der Waals surface area contributed by atoms with Crippen LogP contribution in [0.4, 0.5) is 4.39 Å². The van der Waals surface area contributed by atoms with Crippen molar-refractivity contribution in [3.05, 3.63) is 40.2 Å². The first-order valence-corrected chi connectivity index (χ1v) is 4.86. The zero-order valence-electron chi connectivity index (χ0n) is 8.06. The molecule has 0 aliphatic heterocycles. The molecule has 0 aliphatic rings. The van der Waals surface area contributed by atoms with Gasteiger partial charge in [0, 0.05) is 5.56 Å². The quantitative estimate of drug-likeness (QED) is 0.820. The van der Waals surface area contributed by atoms with Crippen molar-refractivity contribution in [3.8, 4) is 0 Å². The summed E-state index contributed by atoms with van der Waals surface area (Å²) >= 11 is 5.95.